The van der Waals surface area contributed by atoms with Crippen molar-refractivity contribution in [1.82, 2.24) is 20.5 Å². The zero-order chi connectivity index (χ0) is 13.5. The second-order valence-electron chi connectivity index (χ2n) is 4.09. The summed E-state index contributed by atoms with van der Waals surface area (Å²) in [6, 6.07) is -1.61. The Bertz CT molecular complexity index is 409. The maximum absolute atomic E-state index is 11.5. The van der Waals surface area contributed by atoms with Crippen LogP contribution in [0.2, 0.25) is 0 Å². The van der Waals surface area contributed by atoms with E-state index in [4.69, 9.17) is 5.11 Å². The fourth-order valence-electron chi connectivity index (χ4n) is 1.29. The molecular weight excluding hydrogens is 238 g/mol. The highest BCUT2D eigenvalue weighted by atomic mass is 16.4. The topological polar surface area (TPSA) is 117 Å². The van der Waals surface area contributed by atoms with E-state index in [0.29, 0.717) is 6.42 Å². The average molecular weight is 253 g/mol. The lowest BCUT2D eigenvalue weighted by molar-refractivity contribution is -0.139. The van der Waals surface area contributed by atoms with Crippen molar-refractivity contribution in [3.05, 3.63) is 12.4 Å². The van der Waals surface area contributed by atoms with Gasteiger partial charge in [-0.15, -0.1) is 5.10 Å². The third-order valence-corrected chi connectivity index (χ3v) is 2.02. The Kier molecular flexibility index (Phi) is 4.97. The van der Waals surface area contributed by atoms with E-state index < -0.39 is 18.0 Å². The van der Waals surface area contributed by atoms with Gasteiger partial charge in [0.1, 0.15) is 6.04 Å². The maximum Gasteiger partial charge on any atom is 0.326 e. The van der Waals surface area contributed by atoms with Crippen LogP contribution in [0.1, 0.15) is 20.3 Å². The molecule has 8 nitrogen and oxygen atoms in total. The van der Waals surface area contributed by atoms with Crippen LogP contribution >= 0.6 is 0 Å². The Morgan fingerprint density at radius 2 is 2.11 bits per heavy atom. The van der Waals surface area contributed by atoms with E-state index in [-0.39, 0.29) is 11.9 Å². The molecule has 18 heavy (non-hydrogen) atoms. The van der Waals surface area contributed by atoms with Crippen LogP contribution in [0.5, 0.6) is 0 Å². The van der Waals surface area contributed by atoms with Gasteiger partial charge in [0, 0.05) is 0 Å². The van der Waals surface area contributed by atoms with Crippen LogP contribution in [0.3, 0.4) is 0 Å². The SMILES string of the molecule is CC(C)CC(NC(=O)Nc1nccnn1)C(=O)O. The number of nitrogens with zero attached hydrogens (tertiary/aromatic N) is 3. The molecule has 0 spiro atoms. The molecule has 0 aliphatic carbocycles. The van der Waals surface area contributed by atoms with Crippen LogP contribution in [0.4, 0.5) is 10.7 Å². The molecule has 2 amide bonds. The molecule has 1 rings (SSSR count). The number of carboxylic acid groups (broad SMARTS) is 1. The van der Waals surface area contributed by atoms with Crippen molar-refractivity contribution in [1.29, 1.82) is 0 Å². The minimum Gasteiger partial charge on any atom is -0.480 e. The minimum atomic E-state index is -1.08. The third kappa shape index (κ3) is 4.73. The van der Waals surface area contributed by atoms with Gasteiger partial charge >= 0.3 is 12.0 Å². The Morgan fingerprint density at radius 3 is 2.61 bits per heavy atom. The predicted molar refractivity (Wildman–Crippen MR) is 62.9 cm³/mol. The van der Waals surface area contributed by atoms with E-state index >= 15 is 0 Å². The van der Waals surface area contributed by atoms with Crippen molar-refractivity contribution in [2.45, 2.75) is 26.3 Å². The molecule has 1 unspecified atom stereocenters. The number of rotatable bonds is 5. The highest BCUT2D eigenvalue weighted by Crippen LogP contribution is 2.05. The van der Waals surface area contributed by atoms with Gasteiger partial charge in [0.15, 0.2) is 0 Å². The van der Waals surface area contributed by atoms with Gasteiger partial charge in [-0.3, -0.25) is 5.32 Å². The van der Waals surface area contributed by atoms with E-state index in [1.807, 2.05) is 13.8 Å². The number of carbonyl (C=O) groups is 2. The Labute approximate surface area is 104 Å². The second-order valence-corrected chi connectivity index (χ2v) is 4.09. The van der Waals surface area contributed by atoms with E-state index in [2.05, 4.69) is 25.8 Å². The molecule has 1 aromatic rings. The molecule has 0 aromatic carbocycles. The number of hydrogen-bond donors (Lipinski definition) is 3. The lowest BCUT2D eigenvalue weighted by atomic mass is 10.0. The quantitative estimate of drug-likeness (QED) is 0.703. The fraction of sp³-hybridized carbons (Fsp3) is 0.500. The number of hydrogen-bond acceptors (Lipinski definition) is 5. The lowest BCUT2D eigenvalue weighted by Gasteiger charge is -2.16. The van der Waals surface area contributed by atoms with Crippen LogP contribution in [0, 0.1) is 5.92 Å². The third-order valence-electron chi connectivity index (χ3n) is 2.02. The van der Waals surface area contributed by atoms with Crippen molar-refractivity contribution >= 4 is 17.9 Å². The van der Waals surface area contributed by atoms with Crippen molar-refractivity contribution in [2.24, 2.45) is 5.92 Å². The molecule has 1 atom stereocenters. The smallest absolute Gasteiger partial charge is 0.326 e. The van der Waals surface area contributed by atoms with Crippen LogP contribution in [-0.4, -0.2) is 38.3 Å². The molecule has 0 saturated carbocycles. The van der Waals surface area contributed by atoms with Gasteiger partial charge in [0.05, 0.1) is 12.4 Å². The van der Waals surface area contributed by atoms with Gasteiger partial charge in [-0.1, -0.05) is 13.8 Å². The van der Waals surface area contributed by atoms with Gasteiger partial charge in [-0.05, 0) is 12.3 Å². The molecule has 0 saturated heterocycles. The summed E-state index contributed by atoms with van der Waals surface area (Å²) in [5.74, 6) is -0.907. The highest BCUT2D eigenvalue weighted by Gasteiger charge is 2.21. The molecule has 0 radical (unpaired) electrons. The average Bonchev–Trinajstić information content (AvgIpc) is 2.28. The highest BCUT2D eigenvalue weighted by molar-refractivity contribution is 5.90. The maximum atomic E-state index is 11.5. The normalized spacial score (nSPS) is 11.9. The van der Waals surface area contributed by atoms with Gasteiger partial charge < -0.3 is 10.4 Å². The van der Waals surface area contributed by atoms with E-state index in [1.54, 1.807) is 0 Å². The number of urea groups is 1. The lowest BCUT2D eigenvalue weighted by Crippen LogP contribution is -2.44. The predicted octanol–water partition coefficient (Wildman–Crippen LogP) is 0.492. The minimum absolute atomic E-state index is 0.0173. The van der Waals surface area contributed by atoms with E-state index in [0.717, 1.165) is 0 Å². The summed E-state index contributed by atoms with van der Waals surface area (Å²) in [5, 5.41) is 20.7. The molecule has 0 aliphatic rings. The van der Waals surface area contributed by atoms with Gasteiger partial charge in [-0.2, -0.15) is 5.10 Å². The molecule has 0 aliphatic heterocycles. The molecular formula is C10H15N5O3. The number of aliphatic carboxylic acids is 1. The molecule has 1 aromatic heterocycles. The summed E-state index contributed by atoms with van der Waals surface area (Å²) in [4.78, 5) is 26.2. The summed E-state index contributed by atoms with van der Waals surface area (Å²) in [6.45, 7) is 3.75. The molecule has 98 valence electrons. The molecule has 1 heterocycles. The Hall–Kier alpha value is -2.25. The summed E-state index contributed by atoms with van der Waals surface area (Å²) >= 11 is 0. The first kappa shape index (κ1) is 13.8. The number of amides is 2. The first-order valence-electron chi connectivity index (χ1n) is 5.43. The summed E-state index contributed by atoms with van der Waals surface area (Å²) in [6.07, 6.45) is 3.07. The van der Waals surface area contributed by atoms with Crippen molar-refractivity contribution in [3.63, 3.8) is 0 Å². The summed E-state index contributed by atoms with van der Waals surface area (Å²) in [5.41, 5.74) is 0. The summed E-state index contributed by atoms with van der Waals surface area (Å²) < 4.78 is 0. The van der Waals surface area contributed by atoms with E-state index in [1.165, 1.54) is 12.4 Å². The summed E-state index contributed by atoms with van der Waals surface area (Å²) in [7, 11) is 0. The first-order valence-corrected chi connectivity index (χ1v) is 5.43. The molecule has 0 fully saturated rings. The number of nitrogens with one attached hydrogen (secondary N) is 2. The Balaban J connectivity index is 2.54. The van der Waals surface area contributed by atoms with Crippen molar-refractivity contribution < 1.29 is 14.7 Å². The zero-order valence-corrected chi connectivity index (χ0v) is 10.1. The number of carbonyl (C=O) groups excluding carboxylic acids is 1. The first-order chi connectivity index (χ1) is 8.49. The van der Waals surface area contributed by atoms with Crippen LogP contribution in [0.25, 0.3) is 0 Å². The van der Waals surface area contributed by atoms with Crippen molar-refractivity contribution in [3.8, 4) is 0 Å². The standard InChI is InChI=1S/C10H15N5O3/c1-6(2)5-7(8(16)17)13-10(18)14-9-11-3-4-12-15-9/h3-4,6-7H,5H2,1-2H3,(H,16,17)(H2,11,13,14,15,18). The second kappa shape index (κ2) is 6.48. The largest absolute Gasteiger partial charge is 0.480 e. The van der Waals surface area contributed by atoms with Crippen LogP contribution in [-0.2, 0) is 4.79 Å². The number of carboxylic acids is 1. The van der Waals surface area contributed by atoms with Crippen molar-refractivity contribution in [2.75, 3.05) is 5.32 Å². The molecule has 3 N–H and O–H groups in total. The van der Waals surface area contributed by atoms with Crippen LogP contribution in [0.15, 0.2) is 12.4 Å². The van der Waals surface area contributed by atoms with Gasteiger partial charge in [0.2, 0.25) is 0 Å². The number of aromatic nitrogens is 3. The molecule has 0 bridgehead atoms. The Morgan fingerprint density at radius 1 is 1.39 bits per heavy atom. The fourth-order valence-corrected chi connectivity index (χ4v) is 1.29. The monoisotopic (exact) mass is 253 g/mol. The van der Waals surface area contributed by atoms with Gasteiger partial charge in [0.25, 0.3) is 5.95 Å². The zero-order valence-electron chi connectivity index (χ0n) is 10.1. The van der Waals surface area contributed by atoms with Crippen LogP contribution < -0.4 is 10.6 Å². The van der Waals surface area contributed by atoms with E-state index in [9.17, 15) is 9.59 Å². The molecule has 8 heteroatoms. The number of anilines is 1. The van der Waals surface area contributed by atoms with Gasteiger partial charge in [-0.25, -0.2) is 14.6 Å².